The molecule has 1 atom stereocenters. The lowest BCUT2D eigenvalue weighted by Gasteiger charge is -2.13. The molecule has 1 aromatic rings. The SMILES string of the molecule is CC(NS(=O)(=O)c1cccc(C#CCO)c1)C1CC1. The van der Waals surface area contributed by atoms with E-state index < -0.39 is 10.0 Å². The van der Waals surface area contributed by atoms with Gasteiger partial charge < -0.3 is 5.11 Å². The molecule has 2 N–H and O–H groups in total. The van der Waals surface area contributed by atoms with Gasteiger partial charge in [-0.25, -0.2) is 13.1 Å². The summed E-state index contributed by atoms with van der Waals surface area (Å²) in [6.07, 6.45) is 2.18. The third-order valence-electron chi connectivity index (χ3n) is 3.13. The van der Waals surface area contributed by atoms with Crippen molar-refractivity contribution in [2.75, 3.05) is 6.61 Å². The maximum Gasteiger partial charge on any atom is 0.240 e. The molecule has 4 nitrogen and oxygen atoms in total. The zero-order valence-corrected chi connectivity index (χ0v) is 11.6. The molecule has 0 aliphatic heterocycles. The van der Waals surface area contributed by atoms with Crippen LogP contribution in [0, 0.1) is 17.8 Å². The van der Waals surface area contributed by atoms with Crippen molar-refractivity contribution in [1.82, 2.24) is 4.72 Å². The number of sulfonamides is 1. The van der Waals surface area contributed by atoms with Crippen molar-refractivity contribution in [2.45, 2.75) is 30.7 Å². The number of aliphatic hydroxyl groups is 1. The zero-order chi connectivity index (χ0) is 13.9. The molecule has 1 fully saturated rings. The molecule has 0 radical (unpaired) electrons. The third kappa shape index (κ3) is 3.80. The Morgan fingerprint density at radius 2 is 2.21 bits per heavy atom. The van der Waals surface area contributed by atoms with Gasteiger partial charge in [-0.2, -0.15) is 0 Å². The van der Waals surface area contributed by atoms with Crippen LogP contribution >= 0.6 is 0 Å². The van der Waals surface area contributed by atoms with Crippen LogP contribution in [0.2, 0.25) is 0 Å². The van der Waals surface area contributed by atoms with Crippen molar-refractivity contribution in [3.8, 4) is 11.8 Å². The van der Waals surface area contributed by atoms with Crippen molar-refractivity contribution in [3.05, 3.63) is 29.8 Å². The number of hydrogen-bond donors (Lipinski definition) is 2. The minimum atomic E-state index is -3.49. The van der Waals surface area contributed by atoms with E-state index >= 15 is 0 Å². The van der Waals surface area contributed by atoms with Crippen LogP contribution in [0.1, 0.15) is 25.3 Å². The molecule has 0 saturated heterocycles. The van der Waals surface area contributed by atoms with Gasteiger partial charge in [-0.05, 0) is 43.9 Å². The van der Waals surface area contributed by atoms with E-state index in [9.17, 15) is 8.42 Å². The number of rotatable bonds is 4. The smallest absolute Gasteiger partial charge is 0.240 e. The molecule has 0 spiro atoms. The summed E-state index contributed by atoms with van der Waals surface area (Å²) >= 11 is 0. The van der Waals surface area contributed by atoms with Gasteiger partial charge >= 0.3 is 0 Å². The molecule has 0 aromatic heterocycles. The van der Waals surface area contributed by atoms with Crippen LogP contribution in [-0.2, 0) is 10.0 Å². The molecule has 0 heterocycles. The Morgan fingerprint density at radius 1 is 1.47 bits per heavy atom. The number of nitrogens with one attached hydrogen (secondary N) is 1. The number of benzene rings is 1. The van der Waals surface area contributed by atoms with Crippen molar-refractivity contribution < 1.29 is 13.5 Å². The van der Waals surface area contributed by atoms with Crippen LogP contribution in [0.15, 0.2) is 29.2 Å². The van der Waals surface area contributed by atoms with E-state index in [1.54, 1.807) is 18.2 Å². The molecule has 1 aliphatic rings. The maximum absolute atomic E-state index is 12.2. The van der Waals surface area contributed by atoms with Crippen LogP contribution in [0.3, 0.4) is 0 Å². The average Bonchev–Trinajstić information content (AvgIpc) is 3.20. The first-order valence-corrected chi connectivity index (χ1v) is 7.73. The molecular formula is C14H17NO3S. The van der Waals surface area contributed by atoms with Gasteiger partial charge in [0.15, 0.2) is 0 Å². The zero-order valence-electron chi connectivity index (χ0n) is 10.8. The van der Waals surface area contributed by atoms with Gasteiger partial charge in [0.25, 0.3) is 0 Å². The van der Waals surface area contributed by atoms with E-state index in [2.05, 4.69) is 16.6 Å². The van der Waals surface area contributed by atoms with E-state index in [4.69, 9.17) is 5.11 Å². The Balaban J connectivity index is 2.19. The third-order valence-corrected chi connectivity index (χ3v) is 4.68. The van der Waals surface area contributed by atoms with E-state index in [1.807, 2.05) is 6.92 Å². The van der Waals surface area contributed by atoms with Gasteiger partial charge in [-0.15, -0.1) is 0 Å². The highest BCUT2D eigenvalue weighted by molar-refractivity contribution is 7.89. The van der Waals surface area contributed by atoms with Crippen LogP contribution in [0.25, 0.3) is 0 Å². The topological polar surface area (TPSA) is 66.4 Å². The predicted octanol–water partition coefficient (Wildman–Crippen LogP) is 1.11. The summed E-state index contributed by atoms with van der Waals surface area (Å²) in [4.78, 5) is 0.213. The first kappa shape index (κ1) is 14.1. The predicted molar refractivity (Wildman–Crippen MR) is 72.9 cm³/mol. The molecule has 2 rings (SSSR count). The lowest BCUT2D eigenvalue weighted by molar-refractivity contribution is 0.350. The molecule has 0 amide bonds. The molecule has 5 heteroatoms. The van der Waals surface area contributed by atoms with Crippen LogP contribution in [0.5, 0.6) is 0 Å². The summed E-state index contributed by atoms with van der Waals surface area (Å²) in [6, 6.07) is 6.40. The van der Waals surface area contributed by atoms with Gasteiger partial charge in [0, 0.05) is 11.6 Å². The van der Waals surface area contributed by atoms with E-state index in [1.165, 1.54) is 6.07 Å². The first-order valence-electron chi connectivity index (χ1n) is 6.25. The summed E-state index contributed by atoms with van der Waals surface area (Å²) in [5.41, 5.74) is 0.580. The van der Waals surface area contributed by atoms with Gasteiger partial charge in [0.05, 0.1) is 4.90 Å². The highest BCUT2D eigenvalue weighted by Gasteiger charge is 2.31. The maximum atomic E-state index is 12.2. The Bertz CT molecular complexity index is 609. The van der Waals surface area contributed by atoms with Crippen molar-refractivity contribution >= 4 is 10.0 Å². The number of hydrogen-bond acceptors (Lipinski definition) is 3. The molecule has 0 bridgehead atoms. The molecule has 1 aliphatic carbocycles. The fourth-order valence-corrected chi connectivity index (χ4v) is 3.25. The highest BCUT2D eigenvalue weighted by atomic mass is 32.2. The lowest BCUT2D eigenvalue weighted by atomic mass is 10.2. The summed E-state index contributed by atoms with van der Waals surface area (Å²) < 4.78 is 27.1. The average molecular weight is 279 g/mol. The van der Waals surface area contributed by atoms with Crippen molar-refractivity contribution in [3.63, 3.8) is 0 Å². The summed E-state index contributed by atoms with van der Waals surface area (Å²) in [5.74, 6) is 5.67. The second-order valence-corrected chi connectivity index (χ2v) is 6.45. The normalized spacial score (nSPS) is 16.5. The fraction of sp³-hybridized carbons (Fsp3) is 0.429. The van der Waals surface area contributed by atoms with Crippen molar-refractivity contribution in [1.29, 1.82) is 0 Å². The Hall–Kier alpha value is -1.35. The minimum absolute atomic E-state index is 0.0304. The van der Waals surface area contributed by atoms with Crippen molar-refractivity contribution in [2.24, 2.45) is 5.92 Å². The quantitative estimate of drug-likeness (QED) is 0.811. The van der Waals surface area contributed by atoms with E-state index in [0.29, 0.717) is 11.5 Å². The Labute approximate surface area is 113 Å². The van der Waals surface area contributed by atoms with Crippen LogP contribution in [-0.4, -0.2) is 26.2 Å². The Kier molecular flexibility index (Phi) is 4.25. The van der Waals surface area contributed by atoms with Gasteiger partial charge in [0.2, 0.25) is 10.0 Å². The summed E-state index contributed by atoms with van der Waals surface area (Å²) in [7, 11) is -3.49. The van der Waals surface area contributed by atoms with Crippen LogP contribution < -0.4 is 4.72 Å². The van der Waals surface area contributed by atoms with Gasteiger partial charge in [0.1, 0.15) is 6.61 Å². The molecule has 102 valence electrons. The monoisotopic (exact) mass is 279 g/mol. The summed E-state index contributed by atoms with van der Waals surface area (Å²) in [6.45, 7) is 1.65. The fourth-order valence-electron chi connectivity index (χ4n) is 1.89. The van der Waals surface area contributed by atoms with E-state index in [0.717, 1.165) is 12.8 Å². The second-order valence-electron chi connectivity index (χ2n) is 4.74. The van der Waals surface area contributed by atoms with E-state index in [-0.39, 0.29) is 17.5 Å². The summed E-state index contributed by atoms with van der Waals surface area (Å²) in [5, 5.41) is 8.64. The Morgan fingerprint density at radius 3 is 2.84 bits per heavy atom. The molecule has 1 saturated carbocycles. The van der Waals surface area contributed by atoms with Gasteiger partial charge in [-0.1, -0.05) is 17.9 Å². The second kappa shape index (κ2) is 5.74. The molecule has 1 unspecified atom stereocenters. The highest BCUT2D eigenvalue weighted by Crippen LogP contribution is 2.33. The standard InChI is InChI=1S/C14H17NO3S/c1-11(13-7-8-13)15-19(17,18)14-6-2-4-12(10-14)5-3-9-16/h2,4,6,10-11,13,15-16H,7-9H2,1H3. The minimum Gasteiger partial charge on any atom is -0.384 e. The molecular weight excluding hydrogens is 262 g/mol. The van der Waals surface area contributed by atoms with Gasteiger partial charge in [-0.3, -0.25) is 0 Å². The lowest BCUT2D eigenvalue weighted by Crippen LogP contribution is -2.34. The van der Waals surface area contributed by atoms with Crippen LogP contribution in [0.4, 0.5) is 0 Å². The largest absolute Gasteiger partial charge is 0.384 e. The first-order chi connectivity index (χ1) is 9.03. The molecule has 19 heavy (non-hydrogen) atoms. The molecule has 1 aromatic carbocycles. The number of aliphatic hydroxyl groups excluding tert-OH is 1.